The van der Waals surface area contributed by atoms with Crippen LogP contribution in [0.25, 0.3) is 0 Å². The van der Waals surface area contributed by atoms with Crippen molar-refractivity contribution in [3.05, 3.63) is 28.7 Å². The summed E-state index contributed by atoms with van der Waals surface area (Å²) in [7, 11) is 0. The summed E-state index contributed by atoms with van der Waals surface area (Å²) in [6, 6.07) is 8.16. The van der Waals surface area contributed by atoms with Crippen LogP contribution in [0.5, 0.6) is 0 Å². The summed E-state index contributed by atoms with van der Waals surface area (Å²) in [5.74, 6) is 0. The van der Waals surface area contributed by atoms with Crippen LogP contribution in [0.15, 0.2) is 28.7 Å². The lowest BCUT2D eigenvalue weighted by Crippen LogP contribution is -2.38. The third-order valence-electron chi connectivity index (χ3n) is 2.59. The van der Waals surface area contributed by atoms with Gasteiger partial charge in [-0.2, -0.15) is 0 Å². The number of hydrogen-bond acceptors (Lipinski definition) is 2. The van der Waals surface area contributed by atoms with E-state index in [1.54, 1.807) is 0 Å². The number of benzene rings is 1. The SMILES string of the molecule is O[C@@H]1CCCN(c2ccccc2Br)C1. The second-order valence-corrected chi connectivity index (χ2v) is 4.55. The molecule has 1 heterocycles. The molecular weight excluding hydrogens is 242 g/mol. The van der Waals surface area contributed by atoms with Gasteiger partial charge in [-0.1, -0.05) is 12.1 Å². The lowest BCUT2D eigenvalue weighted by atomic mass is 10.1. The molecule has 0 bridgehead atoms. The smallest absolute Gasteiger partial charge is 0.0715 e. The molecule has 0 spiro atoms. The zero-order chi connectivity index (χ0) is 9.97. The van der Waals surface area contributed by atoms with Gasteiger partial charge < -0.3 is 10.0 Å². The minimum atomic E-state index is -0.171. The fourth-order valence-corrected chi connectivity index (χ4v) is 2.42. The first-order chi connectivity index (χ1) is 6.77. The van der Waals surface area contributed by atoms with Crippen LogP contribution in [0.1, 0.15) is 12.8 Å². The lowest BCUT2D eigenvalue weighted by molar-refractivity contribution is 0.154. The Bertz CT molecular complexity index is 316. The first kappa shape index (κ1) is 9.99. The highest BCUT2D eigenvalue weighted by Gasteiger charge is 2.18. The highest BCUT2D eigenvalue weighted by molar-refractivity contribution is 9.10. The summed E-state index contributed by atoms with van der Waals surface area (Å²) < 4.78 is 1.11. The van der Waals surface area contributed by atoms with E-state index in [0.29, 0.717) is 0 Å². The van der Waals surface area contributed by atoms with Gasteiger partial charge in [0.25, 0.3) is 0 Å². The maximum Gasteiger partial charge on any atom is 0.0715 e. The highest BCUT2D eigenvalue weighted by atomic mass is 79.9. The number of piperidine rings is 1. The van der Waals surface area contributed by atoms with Crippen molar-refractivity contribution in [2.75, 3.05) is 18.0 Å². The largest absolute Gasteiger partial charge is 0.391 e. The molecule has 0 unspecified atom stereocenters. The fraction of sp³-hybridized carbons (Fsp3) is 0.455. The molecule has 0 aliphatic carbocycles. The third-order valence-corrected chi connectivity index (χ3v) is 3.26. The summed E-state index contributed by atoms with van der Waals surface area (Å²) in [4.78, 5) is 2.23. The molecule has 1 saturated heterocycles. The van der Waals surface area contributed by atoms with Crippen molar-refractivity contribution in [2.45, 2.75) is 18.9 Å². The number of anilines is 1. The molecule has 3 heteroatoms. The quantitative estimate of drug-likeness (QED) is 0.834. The average molecular weight is 256 g/mol. The van der Waals surface area contributed by atoms with Gasteiger partial charge in [-0.05, 0) is 40.9 Å². The van der Waals surface area contributed by atoms with Gasteiger partial charge in [0.2, 0.25) is 0 Å². The zero-order valence-corrected chi connectivity index (χ0v) is 9.57. The van der Waals surface area contributed by atoms with Gasteiger partial charge in [0.05, 0.1) is 11.8 Å². The number of halogens is 1. The molecule has 1 aromatic carbocycles. The van der Waals surface area contributed by atoms with E-state index in [9.17, 15) is 5.11 Å². The van der Waals surface area contributed by atoms with Gasteiger partial charge in [-0.3, -0.25) is 0 Å². The Morgan fingerprint density at radius 2 is 2.14 bits per heavy atom. The van der Waals surface area contributed by atoms with E-state index in [1.165, 1.54) is 5.69 Å². The van der Waals surface area contributed by atoms with Crippen molar-refractivity contribution in [2.24, 2.45) is 0 Å². The average Bonchev–Trinajstić information content (AvgIpc) is 2.18. The molecular formula is C11H14BrNO. The Kier molecular flexibility index (Phi) is 3.08. The molecule has 0 radical (unpaired) electrons. The Labute approximate surface area is 92.7 Å². The molecule has 76 valence electrons. The van der Waals surface area contributed by atoms with Crippen molar-refractivity contribution >= 4 is 21.6 Å². The molecule has 1 aliphatic rings. The molecule has 1 fully saturated rings. The van der Waals surface area contributed by atoms with Crippen LogP contribution in [0.2, 0.25) is 0 Å². The monoisotopic (exact) mass is 255 g/mol. The summed E-state index contributed by atoms with van der Waals surface area (Å²) in [5, 5.41) is 9.57. The molecule has 0 aromatic heterocycles. The zero-order valence-electron chi connectivity index (χ0n) is 7.99. The van der Waals surface area contributed by atoms with Crippen molar-refractivity contribution in [3.8, 4) is 0 Å². The van der Waals surface area contributed by atoms with Crippen LogP contribution in [-0.2, 0) is 0 Å². The Morgan fingerprint density at radius 3 is 2.86 bits per heavy atom. The summed E-state index contributed by atoms with van der Waals surface area (Å²) in [6.07, 6.45) is 1.83. The number of aliphatic hydroxyl groups excluding tert-OH is 1. The van der Waals surface area contributed by atoms with Crippen molar-refractivity contribution in [1.29, 1.82) is 0 Å². The predicted molar refractivity (Wildman–Crippen MR) is 61.6 cm³/mol. The second kappa shape index (κ2) is 4.32. The van der Waals surface area contributed by atoms with Crippen molar-refractivity contribution in [3.63, 3.8) is 0 Å². The van der Waals surface area contributed by atoms with Crippen molar-refractivity contribution < 1.29 is 5.11 Å². The number of nitrogens with zero attached hydrogens (tertiary/aromatic N) is 1. The highest BCUT2D eigenvalue weighted by Crippen LogP contribution is 2.27. The van der Waals surface area contributed by atoms with Crippen molar-refractivity contribution in [1.82, 2.24) is 0 Å². The molecule has 2 nitrogen and oxygen atoms in total. The maximum absolute atomic E-state index is 9.57. The first-order valence-electron chi connectivity index (χ1n) is 4.95. The number of β-amino-alcohol motifs (C(OH)–C–C–N with tert-alkyl or cyclic N) is 1. The van der Waals surface area contributed by atoms with E-state index in [2.05, 4.69) is 26.9 Å². The van der Waals surface area contributed by atoms with Crippen LogP contribution in [0.3, 0.4) is 0 Å². The normalized spacial score (nSPS) is 22.4. The number of aliphatic hydroxyl groups is 1. The topological polar surface area (TPSA) is 23.5 Å². The molecule has 0 amide bonds. The van der Waals surface area contributed by atoms with Gasteiger partial charge in [-0.25, -0.2) is 0 Å². The van der Waals surface area contributed by atoms with E-state index < -0.39 is 0 Å². The molecule has 14 heavy (non-hydrogen) atoms. The first-order valence-corrected chi connectivity index (χ1v) is 5.74. The number of para-hydroxylation sites is 1. The Morgan fingerprint density at radius 1 is 1.36 bits per heavy atom. The Balaban J connectivity index is 2.18. The summed E-state index contributed by atoms with van der Waals surface area (Å²) >= 11 is 3.53. The minimum Gasteiger partial charge on any atom is -0.391 e. The van der Waals surface area contributed by atoms with Crippen LogP contribution in [-0.4, -0.2) is 24.3 Å². The van der Waals surface area contributed by atoms with Crippen LogP contribution in [0.4, 0.5) is 5.69 Å². The third kappa shape index (κ3) is 2.10. The number of hydrogen-bond donors (Lipinski definition) is 1. The maximum atomic E-state index is 9.57. The molecule has 1 N–H and O–H groups in total. The standard InChI is InChI=1S/C11H14BrNO/c12-10-5-1-2-6-11(10)13-7-3-4-9(14)8-13/h1-2,5-6,9,14H,3-4,7-8H2/t9-/m1/s1. The molecule has 1 aromatic rings. The molecule has 2 rings (SSSR count). The van der Waals surface area contributed by atoms with Crippen LogP contribution >= 0.6 is 15.9 Å². The van der Waals surface area contributed by atoms with E-state index in [4.69, 9.17) is 0 Å². The summed E-state index contributed by atoms with van der Waals surface area (Å²) in [6.45, 7) is 1.79. The van der Waals surface area contributed by atoms with Gasteiger partial charge in [0, 0.05) is 17.6 Å². The van der Waals surface area contributed by atoms with Gasteiger partial charge in [-0.15, -0.1) is 0 Å². The van der Waals surface area contributed by atoms with Gasteiger partial charge in [0.15, 0.2) is 0 Å². The molecule has 0 saturated carbocycles. The van der Waals surface area contributed by atoms with E-state index in [0.717, 1.165) is 30.4 Å². The van der Waals surface area contributed by atoms with Gasteiger partial charge in [0.1, 0.15) is 0 Å². The molecule has 1 atom stereocenters. The lowest BCUT2D eigenvalue weighted by Gasteiger charge is -2.32. The van der Waals surface area contributed by atoms with E-state index in [-0.39, 0.29) is 6.10 Å². The minimum absolute atomic E-state index is 0.171. The fourth-order valence-electron chi connectivity index (χ4n) is 1.88. The summed E-state index contributed by atoms with van der Waals surface area (Å²) in [5.41, 5.74) is 1.19. The Hall–Kier alpha value is -0.540. The van der Waals surface area contributed by atoms with Crippen LogP contribution < -0.4 is 4.90 Å². The van der Waals surface area contributed by atoms with E-state index in [1.807, 2.05) is 18.2 Å². The van der Waals surface area contributed by atoms with Gasteiger partial charge >= 0.3 is 0 Å². The van der Waals surface area contributed by atoms with Crippen LogP contribution in [0, 0.1) is 0 Å². The molecule has 1 aliphatic heterocycles. The van der Waals surface area contributed by atoms with E-state index >= 15 is 0 Å². The number of rotatable bonds is 1. The second-order valence-electron chi connectivity index (χ2n) is 3.69. The predicted octanol–water partition coefficient (Wildman–Crippen LogP) is 2.41.